The number of nitrogens with zero attached hydrogens (tertiary/aromatic N) is 2. The summed E-state index contributed by atoms with van der Waals surface area (Å²) >= 11 is 0. The van der Waals surface area contributed by atoms with E-state index in [4.69, 9.17) is 5.73 Å². The summed E-state index contributed by atoms with van der Waals surface area (Å²) in [5.74, 6) is 0.163. The summed E-state index contributed by atoms with van der Waals surface area (Å²) < 4.78 is 1.97. The van der Waals surface area contributed by atoms with Crippen LogP contribution in [-0.4, -0.2) is 14.5 Å². The SMILES string of the molecule is CCC(C)n1ccc2c(=O)[nH]c(N)nc21. The zero-order chi connectivity index (χ0) is 11.0. The fourth-order valence-electron chi connectivity index (χ4n) is 1.61. The summed E-state index contributed by atoms with van der Waals surface area (Å²) in [5, 5.41) is 0.588. The molecule has 0 saturated carbocycles. The van der Waals surface area contributed by atoms with Crippen molar-refractivity contribution in [3.8, 4) is 0 Å². The number of hydrogen-bond donors (Lipinski definition) is 2. The number of rotatable bonds is 2. The molecular formula is C10H14N4O. The summed E-state index contributed by atoms with van der Waals surface area (Å²) in [5.41, 5.74) is 5.99. The van der Waals surface area contributed by atoms with Gasteiger partial charge in [0.2, 0.25) is 5.95 Å². The van der Waals surface area contributed by atoms with Crippen molar-refractivity contribution in [2.24, 2.45) is 0 Å². The van der Waals surface area contributed by atoms with Gasteiger partial charge in [0.15, 0.2) is 0 Å². The second-order valence-corrected chi connectivity index (χ2v) is 3.67. The molecule has 0 aliphatic rings. The lowest BCUT2D eigenvalue weighted by Gasteiger charge is -2.11. The first kappa shape index (κ1) is 9.76. The van der Waals surface area contributed by atoms with E-state index in [1.807, 2.05) is 10.8 Å². The predicted octanol–water partition coefficient (Wildman–Crippen LogP) is 1.28. The lowest BCUT2D eigenvalue weighted by atomic mass is 10.2. The predicted molar refractivity (Wildman–Crippen MR) is 59.8 cm³/mol. The molecular weight excluding hydrogens is 192 g/mol. The van der Waals surface area contributed by atoms with E-state index in [0.717, 1.165) is 6.42 Å². The molecule has 5 nitrogen and oxygen atoms in total. The van der Waals surface area contributed by atoms with Crippen molar-refractivity contribution in [1.29, 1.82) is 0 Å². The minimum absolute atomic E-state index is 0.163. The molecule has 0 fully saturated rings. The van der Waals surface area contributed by atoms with Gasteiger partial charge >= 0.3 is 0 Å². The van der Waals surface area contributed by atoms with Crippen molar-refractivity contribution in [2.75, 3.05) is 5.73 Å². The summed E-state index contributed by atoms with van der Waals surface area (Å²) in [4.78, 5) is 18.2. The van der Waals surface area contributed by atoms with Gasteiger partial charge in [0, 0.05) is 12.2 Å². The molecule has 0 amide bonds. The maximum Gasteiger partial charge on any atom is 0.261 e. The Kier molecular flexibility index (Phi) is 2.22. The average Bonchev–Trinajstić information content (AvgIpc) is 2.60. The summed E-state index contributed by atoms with van der Waals surface area (Å²) in [6.45, 7) is 4.17. The van der Waals surface area contributed by atoms with Crippen LogP contribution in [-0.2, 0) is 0 Å². The van der Waals surface area contributed by atoms with Crippen LogP contribution in [0.5, 0.6) is 0 Å². The van der Waals surface area contributed by atoms with Gasteiger partial charge in [-0.2, -0.15) is 4.98 Å². The van der Waals surface area contributed by atoms with Gasteiger partial charge in [-0.05, 0) is 19.4 Å². The highest BCUT2D eigenvalue weighted by Gasteiger charge is 2.10. The normalized spacial score (nSPS) is 13.2. The maximum atomic E-state index is 11.5. The van der Waals surface area contributed by atoms with Gasteiger partial charge in [-0.15, -0.1) is 0 Å². The highest BCUT2D eigenvalue weighted by atomic mass is 16.1. The van der Waals surface area contributed by atoms with Crippen LogP contribution in [0.1, 0.15) is 26.3 Å². The summed E-state index contributed by atoms with van der Waals surface area (Å²) in [7, 11) is 0. The Morgan fingerprint density at radius 1 is 1.67 bits per heavy atom. The molecule has 5 heteroatoms. The van der Waals surface area contributed by atoms with Gasteiger partial charge in [0.1, 0.15) is 5.65 Å². The number of anilines is 1. The highest BCUT2D eigenvalue weighted by Crippen LogP contribution is 2.17. The Hall–Kier alpha value is -1.78. The average molecular weight is 206 g/mol. The Labute approximate surface area is 86.9 Å². The lowest BCUT2D eigenvalue weighted by molar-refractivity contribution is 0.544. The zero-order valence-corrected chi connectivity index (χ0v) is 8.82. The van der Waals surface area contributed by atoms with Crippen LogP contribution in [0, 0.1) is 0 Å². The van der Waals surface area contributed by atoms with E-state index in [1.165, 1.54) is 0 Å². The van der Waals surface area contributed by atoms with Crippen LogP contribution < -0.4 is 11.3 Å². The molecule has 0 spiro atoms. The molecule has 2 aromatic rings. The van der Waals surface area contributed by atoms with Gasteiger partial charge < -0.3 is 10.3 Å². The summed E-state index contributed by atoms with van der Waals surface area (Å²) in [6.07, 6.45) is 2.86. The first-order valence-corrected chi connectivity index (χ1v) is 4.99. The van der Waals surface area contributed by atoms with Crippen molar-refractivity contribution in [3.63, 3.8) is 0 Å². The summed E-state index contributed by atoms with van der Waals surface area (Å²) in [6, 6.07) is 2.09. The van der Waals surface area contributed by atoms with E-state index in [1.54, 1.807) is 6.07 Å². The number of nitrogen functional groups attached to an aromatic ring is 1. The Balaban J connectivity index is 2.74. The van der Waals surface area contributed by atoms with Gasteiger partial charge in [-0.1, -0.05) is 6.92 Å². The van der Waals surface area contributed by atoms with E-state index in [2.05, 4.69) is 23.8 Å². The van der Waals surface area contributed by atoms with Gasteiger partial charge in [0.05, 0.1) is 5.39 Å². The molecule has 0 radical (unpaired) electrons. The van der Waals surface area contributed by atoms with Crippen LogP contribution in [0.25, 0.3) is 11.0 Å². The third-order valence-corrected chi connectivity index (χ3v) is 2.67. The largest absolute Gasteiger partial charge is 0.369 e. The first-order valence-electron chi connectivity index (χ1n) is 4.99. The van der Waals surface area contributed by atoms with Crippen LogP contribution in [0.2, 0.25) is 0 Å². The topological polar surface area (TPSA) is 76.7 Å². The molecule has 15 heavy (non-hydrogen) atoms. The molecule has 0 saturated heterocycles. The molecule has 1 unspecified atom stereocenters. The van der Waals surface area contributed by atoms with Crippen molar-refractivity contribution >= 4 is 17.0 Å². The van der Waals surface area contributed by atoms with Crippen molar-refractivity contribution < 1.29 is 0 Å². The fourth-order valence-corrected chi connectivity index (χ4v) is 1.61. The van der Waals surface area contributed by atoms with Crippen molar-refractivity contribution in [3.05, 3.63) is 22.6 Å². The minimum Gasteiger partial charge on any atom is -0.369 e. The van der Waals surface area contributed by atoms with Gasteiger partial charge in [-0.25, -0.2) is 0 Å². The molecule has 2 rings (SSSR count). The highest BCUT2D eigenvalue weighted by molar-refractivity contribution is 5.76. The van der Waals surface area contributed by atoms with Crippen molar-refractivity contribution in [2.45, 2.75) is 26.3 Å². The number of hydrogen-bond acceptors (Lipinski definition) is 3. The molecule has 80 valence electrons. The maximum absolute atomic E-state index is 11.5. The number of H-pyrrole nitrogens is 1. The number of aromatic amines is 1. The first-order chi connectivity index (χ1) is 7.13. The van der Waals surface area contributed by atoms with E-state index < -0.39 is 0 Å². The van der Waals surface area contributed by atoms with Gasteiger partial charge in [-0.3, -0.25) is 9.78 Å². The molecule has 2 heterocycles. The van der Waals surface area contributed by atoms with E-state index in [9.17, 15) is 4.79 Å². The van der Waals surface area contributed by atoms with Crippen LogP contribution >= 0.6 is 0 Å². The quantitative estimate of drug-likeness (QED) is 0.777. The second kappa shape index (κ2) is 3.42. The molecule has 0 aliphatic carbocycles. The molecule has 0 bridgehead atoms. The standard InChI is InChI=1S/C10H14N4O/c1-3-6(2)14-5-4-7-8(14)12-10(11)13-9(7)15/h4-6H,3H2,1-2H3,(H3,11,12,13,15). The molecule has 2 aromatic heterocycles. The van der Waals surface area contributed by atoms with Crippen LogP contribution in [0.4, 0.5) is 5.95 Å². The molecule has 0 aromatic carbocycles. The van der Waals surface area contributed by atoms with E-state index in [0.29, 0.717) is 17.1 Å². The van der Waals surface area contributed by atoms with Crippen molar-refractivity contribution in [1.82, 2.24) is 14.5 Å². The lowest BCUT2D eigenvalue weighted by Crippen LogP contribution is -2.12. The molecule has 0 aliphatic heterocycles. The minimum atomic E-state index is -0.181. The Bertz CT molecular complexity index is 540. The Morgan fingerprint density at radius 3 is 3.07 bits per heavy atom. The third-order valence-electron chi connectivity index (χ3n) is 2.67. The molecule has 3 N–H and O–H groups in total. The van der Waals surface area contributed by atoms with E-state index >= 15 is 0 Å². The van der Waals surface area contributed by atoms with Gasteiger partial charge in [0.25, 0.3) is 5.56 Å². The Morgan fingerprint density at radius 2 is 2.40 bits per heavy atom. The smallest absolute Gasteiger partial charge is 0.261 e. The van der Waals surface area contributed by atoms with Crippen LogP contribution in [0.15, 0.2) is 17.1 Å². The number of fused-ring (bicyclic) bond motifs is 1. The zero-order valence-electron chi connectivity index (χ0n) is 8.82. The number of nitrogens with two attached hydrogens (primary N) is 1. The van der Waals surface area contributed by atoms with E-state index in [-0.39, 0.29) is 11.5 Å². The third kappa shape index (κ3) is 1.49. The fraction of sp³-hybridized carbons (Fsp3) is 0.400. The monoisotopic (exact) mass is 206 g/mol. The number of nitrogens with one attached hydrogen (secondary N) is 1. The number of aromatic nitrogens is 3. The van der Waals surface area contributed by atoms with Crippen LogP contribution in [0.3, 0.4) is 0 Å². The molecule has 1 atom stereocenters. The second-order valence-electron chi connectivity index (χ2n) is 3.67.